The molecule has 0 fully saturated rings. The van der Waals surface area contributed by atoms with E-state index < -0.39 is 23.0 Å². The Balaban J connectivity index is 2.38. The molecule has 1 aliphatic rings. The van der Waals surface area contributed by atoms with Crippen LogP contribution >= 0.6 is 11.6 Å². The van der Waals surface area contributed by atoms with E-state index in [0.717, 1.165) is 6.40 Å². The maximum atomic E-state index is 11.5. The van der Waals surface area contributed by atoms with Gasteiger partial charge in [0.15, 0.2) is 18.5 Å². The van der Waals surface area contributed by atoms with Gasteiger partial charge in [-0.1, -0.05) is 11.6 Å². The van der Waals surface area contributed by atoms with Crippen molar-refractivity contribution in [2.75, 3.05) is 7.11 Å². The Morgan fingerprint density at radius 3 is 2.95 bits per heavy atom. The zero-order chi connectivity index (χ0) is 14.0. The van der Waals surface area contributed by atoms with Gasteiger partial charge in [0, 0.05) is 22.7 Å². The van der Waals surface area contributed by atoms with Gasteiger partial charge in [0.1, 0.15) is 0 Å². The van der Waals surface area contributed by atoms with Crippen molar-refractivity contribution in [3.8, 4) is 0 Å². The molecule has 0 unspecified atom stereocenters. The van der Waals surface area contributed by atoms with Gasteiger partial charge < -0.3 is 9.47 Å². The average Bonchev–Trinajstić information content (AvgIpc) is 2.87. The molecule has 1 heterocycles. The minimum absolute atomic E-state index is 0.140. The summed E-state index contributed by atoms with van der Waals surface area (Å²) >= 11 is 5.98. The van der Waals surface area contributed by atoms with Crippen LogP contribution in [0.4, 0.5) is 5.69 Å². The largest absolute Gasteiger partial charge is 0.473 e. The first-order chi connectivity index (χ1) is 9.04. The molecular weight excluding hydrogens is 276 g/mol. The Morgan fingerprint density at radius 1 is 1.58 bits per heavy atom. The highest BCUT2D eigenvalue weighted by atomic mass is 35.5. The van der Waals surface area contributed by atoms with Crippen LogP contribution in [0.2, 0.25) is 5.02 Å². The standard InChI is InChI=1S/C11H9ClN2O5/c1-18-11(15)9-10(19-5-13-9)7-4-6(14(16)17)2-3-8(7)12/h2-5,9-10H,1H3/t9-,10+/m0/s1. The van der Waals surface area contributed by atoms with E-state index in [-0.39, 0.29) is 10.7 Å². The number of nitrogens with zero attached hydrogens (tertiary/aromatic N) is 2. The smallest absolute Gasteiger partial charge is 0.334 e. The van der Waals surface area contributed by atoms with E-state index in [0.29, 0.717) is 5.56 Å². The van der Waals surface area contributed by atoms with Gasteiger partial charge in [-0.05, 0) is 6.07 Å². The first-order valence-electron chi connectivity index (χ1n) is 5.23. The average molecular weight is 285 g/mol. The molecule has 0 amide bonds. The molecule has 0 N–H and O–H groups in total. The lowest BCUT2D eigenvalue weighted by Gasteiger charge is -2.16. The molecule has 0 radical (unpaired) electrons. The number of carbonyl (C=O) groups excluding carboxylic acids is 1. The molecule has 7 nitrogen and oxygen atoms in total. The number of non-ortho nitro benzene ring substituents is 1. The van der Waals surface area contributed by atoms with Gasteiger partial charge in [-0.3, -0.25) is 10.1 Å². The van der Waals surface area contributed by atoms with E-state index >= 15 is 0 Å². The Hall–Kier alpha value is -2.15. The molecule has 8 heteroatoms. The van der Waals surface area contributed by atoms with E-state index in [1.54, 1.807) is 0 Å². The zero-order valence-corrected chi connectivity index (χ0v) is 10.5. The van der Waals surface area contributed by atoms with Gasteiger partial charge in [0.05, 0.1) is 12.0 Å². The maximum Gasteiger partial charge on any atom is 0.334 e. The van der Waals surface area contributed by atoms with Crippen LogP contribution in [0.25, 0.3) is 0 Å². The third-order valence-corrected chi connectivity index (χ3v) is 3.00. The van der Waals surface area contributed by atoms with Crippen molar-refractivity contribution >= 4 is 29.7 Å². The number of nitro benzene ring substituents is 1. The van der Waals surface area contributed by atoms with Gasteiger partial charge >= 0.3 is 5.97 Å². The maximum absolute atomic E-state index is 11.5. The lowest BCUT2D eigenvalue weighted by molar-refractivity contribution is -0.385. The summed E-state index contributed by atoms with van der Waals surface area (Å²) in [5, 5.41) is 11.0. The zero-order valence-electron chi connectivity index (χ0n) is 9.78. The second kappa shape index (κ2) is 5.23. The number of carbonyl (C=O) groups is 1. The number of hydrogen-bond acceptors (Lipinski definition) is 6. The van der Waals surface area contributed by atoms with Crippen molar-refractivity contribution in [3.63, 3.8) is 0 Å². The SMILES string of the molecule is COC(=O)[C@H]1N=CO[C@@H]1c1cc([N+](=O)[O-])ccc1Cl. The van der Waals surface area contributed by atoms with E-state index in [4.69, 9.17) is 16.3 Å². The fourth-order valence-electron chi connectivity index (χ4n) is 1.73. The Kier molecular flexibility index (Phi) is 3.66. The summed E-state index contributed by atoms with van der Waals surface area (Å²) in [5.41, 5.74) is 0.183. The number of rotatable bonds is 3. The Morgan fingerprint density at radius 2 is 2.32 bits per heavy atom. The summed E-state index contributed by atoms with van der Waals surface area (Å²) in [6.45, 7) is 0. The van der Waals surface area contributed by atoms with Crippen molar-refractivity contribution in [2.45, 2.75) is 12.1 Å². The lowest BCUT2D eigenvalue weighted by atomic mass is 10.0. The van der Waals surface area contributed by atoms with Gasteiger partial charge in [0.2, 0.25) is 0 Å². The highest BCUT2D eigenvalue weighted by Gasteiger charge is 2.36. The number of hydrogen-bond donors (Lipinski definition) is 0. The van der Waals surface area contributed by atoms with Crippen molar-refractivity contribution in [2.24, 2.45) is 4.99 Å². The van der Waals surface area contributed by atoms with Gasteiger partial charge in [0.25, 0.3) is 5.69 Å². The van der Waals surface area contributed by atoms with Gasteiger partial charge in [-0.15, -0.1) is 0 Å². The van der Waals surface area contributed by atoms with Gasteiger partial charge in [-0.25, -0.2) is 9.79 Å². The van der Waals surface area contributed by atoms with Crippen LogP contribution in [0.5, 0.6) is 0 Å². The van der Waals surface area contributed by atoms with Crippen molar-refractivity contribution < 1.29 is 19.2 Å². The number of methoxy groups -OCH3 is 1. The first-order valence-corrected chi connectivity index (χ1v) is 5.61. The topological polar surface area (TPSA) is 91.0 Å². The predicted octanol–water partition coefficient (Wildman–Crippen LogP) is 1.89. The molecule has 1 aromatic carbocycles. The minimum Gasteiger partial charge on any atom is -0.473 e. The van der Waals surface area contributed by atoms with Crippen molar-refractivity contribution in [3.05, 3.63) is 38.9 Å². The molecule has 0 bridgehead atoms. The fourth-order valence-corrected chi connectivity index (χ4v) is 1.96. The number of nitro groups is 1. The van der Waals surface area contributed by atoms with E-state index in [1.165, 1.54) is 25.3 Å². The van der Waals surface area contributed by atoms with Crippen LogP contribution in [0.15, 0.2) is 23.2 Å². The molecular formula is C11H9ClN2O5. The molecule has 0 saturated carbocycles. The summed E-state index contributed by atoms with van der Waals surface area (Å²) in [6, 6.07) is 3.00. The number of esters is 1. The van der Waals surface area contributed by atoms with Crippen molar-refractivity contribution in [1.82, 2.24) is 0 Å². The second-order valence-electron chi connectivity index (χ2n) is 3.74. The molecule has 0 spiro atoms. The number of halogens is 1. The molecule has 2 rings (SSSR count). The van der Waals surface area contributed by atoms with Crippen molar-refractivity contribution in [1.29, 1.82) is 0 Å². The molecule has 0 aliphatic carbocycles. The van der Waals surface area contributed by atoms with Crippen LogP contribution < -0.4 is 0 Å². The molecule has 1 aliphatic heterocycles. The number of aliphatic imine (C=N–C) groups is 1. The van der Waals surface area contributed by atoms with Crippen LogP contribution in [0.1, 0.15) is 11.7 Å². The quantitative estimate of drug-likeness (QED) is 0.480. The van der Waals surface area contributed by atoms with E-state index in [9.17, 15) is 14.9 Å². The van der Waals surface area contributed by atoms with Crippen LogP contribution in [-0.4, -0.2) is 30.4 Å². The summed E-state index contributed by atoms with van der Waals surface area (Å²) in [6.07, 6.45) is 0.293. The predicted molar refractivity (Wildman–Crippen MR) is 66.2 cm³/mol. The lowest BCUT2D eigenvalue weighted by Crippen LogP contribution is -2.25. The first kappa shape index (κ1) is 13.3. The van der Waals surface area contributed by atoms with E-state index in [2.05, 4.69) is 9.73 Å². The van der Waals surface area contributed by atoms with Crippen LogP contribution in [-0.2, 0) is 14.3 Å². The highest BCUT2D eigenvalue weighted by Crippen LogP contribution is 2.34. The third kappa shape index (κ3) is 2.50. The molecule has 0 saturated heterocycles. The van der Waals surface area contributed by atoms with Crippen LogP contribution in [0.3, 0.4) is 0 Å². The van der Waals surface area contributed by atoms with Gasteiger partial charge in [-0.2, -0.15) is 0 Å². The minimum atomic E-state index is -0.912. The Bertz CT molecular complexity index is 560. The monoisotopic (exact) mass is 284 g/mol. The summed E-state index contributed by atoms with van der Waals surface area (Å²) in [5.74, 6) is -0.596. The van der Waals surface area contributed by atoms with E-state index in [1.807, 2.05) is 0 Å². The number of ether oxygens (including phenoxy) is 2. The third-order valence-electron chi connectivity index (χ3n) is 2.66. The molecule has 2 atom stereocenters. The highest BCUT2D eigenvalue weighted by molar-refractivity contribution is 6.31. The molecule has 100 valence electrons. The number of benzene rings is 1. The van der Waals surface area contributed by atoms with Crippen LogP contribution in [0, 0.1) is 10.1 Å². The summed E-state index contributed by atoms with van der Waals surface area (Å²) < 4.78 is 9.78. The fraction of sp³-hybridized carbons (Fsp3) is 0.273. The molecule has 19 heavy (non-hydrogen) atoms. The summed E-state index contributed by atoms with van der Waals surface area (Å²) in [7, 11) is 1.22. The molecule has 0 aromatic heterocycles. The summed E-state index contributed by atoms with van der Waals surface area (Å²) in [4.78, 5) is 25.6. The normalized spacial score (nSPS) is 20.9. The second-order valence-corrected chi connectivity index (χ2v) is 4.15. The Labute approximate surface area is 112 Å². The molecule has 1 aromatic rings.